The molecule has 0 atom stereocenters. The van der Waals surface area contributed by atoms with E-state index < -0.39 is 0 Å². The van der Waals surface area contributed by atoms with E-state index in [1.54, 1.807) is 7.11 Å². The molecule has 3 nitrogen and oxygen atoms in total. The molecule has 1 aromatic carbocycles. The maximum Gasteiger partial charge on any atom is 0.119 e. The molecule has 1 rings (SSSR count). The topological polar surface area (TPSA) is 38.7 Å². The highest BCUT2D eigenvalue weighted by Crippen LogP contribution is 2.16. The third-order valence-electron chi connectivity index (χ3n) is 2.04. The van der Waals surface area contributed by atoms with Crippen LogP contribution in [-0.2, 0) is 11.3 Å². The molecule has 0 spiro atoms. The minimum atomic E-state index is 0.0736. The normalized spacial score (nSPS) is 10.2. The van der Waals surface area contributed by atoms with Crippen molar-refractivity contribution in [1.29, 1.82) is 0 Å². The fourth-order valence-electron chi connectivity index (χ4n) is 1.18. The minimum absolute atomic E-state index is 0.0736. The first-order chi connectivity index (χ1) is 6.77. The summed E-state index contributed by atoms with van der Waals surface area (Å²) in [6.45, 7) is 3.16. The van der Waals surface area contributed by atoms with Crippen LogP contribution in [0.1, 0.15) is 11.1 Å². The molecule has 1 N–H and O–H groups in total. The fraction of sp³-hybridized carbons (Fsp3) is 0.455. The zero-order valence-electron chi connectivity index (χ0n) is 8.62. The van der Waals surface area contributed by atoms with Gasteiger partial charge >= 0.3 is 0 Å². The van der Waals surface area contributed by atoms with Crippen molar-refractivity contribution < 1.29 is 14.6 Å². The number of aliphatic hydroxyl groups excluding tert-OH is 1. The Balaban J connectivity index is 2.57. The molecule has 0 fully saturated rings. The Morgan fingerprint density at radius 1 is 1.29 bits per heavy atom. The Bertz CT molecular complexity index is 284. The SMILES string of the molecule is COCCOc1ccc(CO)c(C)c1. The maximum atomic E-state index is 8.96. The predicted molar refractivity (Wildman–Crippen MR) is 54.5 cm³/mol. The highest BCUT2D eigenvalue weighted by atomic mass is 16.5. The Labute approximate surface area is 84.3 Å². The summed E-state index contributed by atoms with van der Waals surface area (Å²) in [6.07, 6.45) is 0. The van der Waals surface area contributed by atoms with Crippen LogP contribution in [0.25, 0.3) is 0 Å². The summed E-state index contributed by atoms with van der Waals surface area (Å²) in [5.74, 6) is 0.816. The van der Waals surface area contributed by atoms with Gasteiger partial charge in [0, 0.05) is 7.11 Å². The van der Waals surface area contributed by atoms with E-state index in [4.69, 9.17) is 14.6 Å². The largest absolute Gasteiger partial charge is 0.491 e. The summed E-state index contributed by atoms with van der Waals surface area (Å²) in [6, 6.07) is 5.65. The molecule has 3 heteroatoms. The van der Waals surface area contributed by atoms with E-state index in [2.05, 4.69) is 0 Å². The van der Waals surface area contributed by atoms with Crippen LogP contribution in [0, 0.1) is 6.92 Å². The van der Waals surface area contributed by atoms with Crippen molar-refractivity contribution in [1.82, 2.24) is 0 Å². The Hall–Kier alpha value is -1.06. The third-order valence-corrected chi connectivity index (χ3v) is 2.04. The molecule has 0 aliphatic heterocycles. The molecule has 0 unspecified atom stereocenters. The highest BCUT2D eigenvalue weighted by Gasteiger charge is 1.99. The molecule has 0 amide bonds. The maximum absolute atomic E-state index is 8.96. The van der Waals surface area contributed by atoms with Crippen molar-refractivity contribution in [3.63, 3.8) is 0 Å². The summed E-state index contributed by atoms with van der Waals surface area (Å²) in [7, 11) is 1.64. The standard InChI is InChI=1S/C11H16O3/c1-9-7-11(14-6-5-13-2)4-3-10(9)8-12/h3-4,7,12H,5-6,8H2,1-2H3. The Morgan fingerprint density at radius 2 is 2.07 bits per heavy atom. The van der Waals surface area contributed by atoms with Gasteiger partial charge in [0.2, 0.25) is 0 Å². The van der Waals surface area contributed by atoms with Crippen molar-refractivity contribution in [2.75, 3.05) is 20.3 Å². The molecular formula is C11H16O3. The number of benzene rings is 1. The zero-order valence-corrected chi connectivity index (χ0v) is 8.62. The molecule has 0 radical (unpaired) electrons. The number of aliphatic hydroxyl groups is 1. The monoisotopic (exact) mass is 196 g/mol. The molecule has 0 saturated heterocycles. The second-order valence-electron chi connectivity index (χ2n) is 3.09. The van der Waals surface area contributed by atoms with Gasteiger partial charge in [0.05, 0.1) is 13.2 Å². The lowest BCUT2D eigenvalue weighted by Crippen LogP contribution is -2.04. The van der Waals surface area contributed by atoms with Gasteiger partial charge in [0.1, 0.15) is 12.4 Å². The lowest BCUT2D eigenvalue weighted by molar-refractivity contribution is 0.146. The first-order valence-corrected chi connectivity index (χ1v) is 4.60. The van der Waals surface area contributed by atoms with E-state index >= 15 is 0 Å². The summed E-state index contributed by atoms with van der Waals surface area (Å²) < 4.78 is 10.3. The van der Waals surface area contributed by atoms with Crippen LogP contribution in [-0.4, -0.2) is 25.4 Å². The van der Waals surface area contributed by atoms with Crippen LogP contribution < -0.4 is 4.74 Å². The number of ether oxygens (including phenoxy) is 2. The van der Waals surface area contributed by atoms with Gasteiger partial charge in [0.25, 0.3) is 0 Å². The Kier molecular flexibility index (Phi) is 4.43. The molecular weight excluding hydrogens is 180 g/mol. The molecule has 0 aromatic heterocycles. The van der Waals surface area contributed by atoms with Gasteiger partial charge in [0.15, 0.2) is 0 Å². The van der Waals surface area contributed by atoms with Gasteiger partial charge in [-0.2, -0.15) is 0 Å². The molecule has 0 heterocycles. The highest BCUT2D eigenvalue weighted by molar-refractivity contribution is 5.34. The van der Waals surface area contributed by atoms with Gasteiger partial charge in [-0.1, -0.05) is 6.07 Å². The van der Waals surface area contributed by atoms with Crippen molar-refractivity contribution in [2.24, 2.45) is 0 Å². The van der Waals surface area contributed by atoms with Crippen molar-refractivity contribution >= 4 is 0 Å². The van der Waals surface area contributed by atoms with Gasteiger partial charge in [-0.25, -0.2) is 0 Å². The van der Waals surface area contributed by atoms with Crippen molar-refractivity contribution in [2.45, 2.75) is 13.5 Å². The number of hydrogen-bond acceptors (Lipinski definition) is 3. The summed E-state index contributed by atoms with van der Waals surface area (Å²) >= 11 is 0. The van der Waals surface area contributed by atoms with E-state index in [9.17, 15) is 0 Å². The molecule has 14 heavy (non-hydrogen) atoms. The van der Waals surface area contributed by atoms with Gasteiger partial charge < -0.3 is 14.6 Å². The molecule has 0 bridgehead atoms. The second kappa shape index (κ2) is 5.62. The Morgan fingerprint density at radius 3 is 2.64 bits per heavy atom. The lowest BCUT2D eigenvalue weighted by atomic mass is 10.1. The van der Waals surface area contributed by atoms with E-state index in [0.29, 0.717) is 13.2 Å². The van der Waals surface area contributed by atoms with Crippen LogP contribution >= 0.6 is 0 Å². The van der Waals surface area contributed by atoms with E-state index in [1.807, 2.05) is 25.1 Å². The van der Waals surface area contributed by atoms with Crippen molar-refractivity contribution in [3.8, 4) is 5.75 Å². The first-order valence-electron chi connectivity index (χ1n) is 4.60. The molecule has 78 valence electrons. The fourth-order valence-corrected chi connectivity index (χ4v) is 1.18. The second-order valence-corrected chi connectivity index (χ2v) is 3.09. The number of methoxy groups -OCH3 is 1. The molecule has 0 saturated carbocycles. The van der Waals surface area contributed by atoms with E-state index in [-0.39, 0.29) is 6.61 Å². The number of aryl methyl sites for hydroxylation is 1. The van der Waals surface area contributed by atoms with E-state index in [1.165, 1.54) is 0 Å². The summed E-state index contributed by atoms with van der Waals surface area (Å²) in [5, 5.41) is 8.96. The lowest BCUT2D eigenvalue weighted by Gasteiger charge is -2.08. The first kappa shape index (κ1) is 11.0. The van der Waals surface area contributed by atoms with Crippen LogP contribution in [0.2, 0.25) is 0 Å². The average Bonchev–Trinajstić information content (AvgIpc) is 2.18. The van der Waals surface area contributed by atoms with Crippen LogP contribution in [0.3, 0.4) is 0 Å². The predicted octanol–water partition coefficient (Wildman–Crippen LogP) is 1.51. The average molecular weight is 196 g/mol. The smallest absolute Gasteiger partial charge is 0.119 e. The van der Waals surface area contributed by atoms with Crippen LogP contribution in [0.4, 0.5) is 0 Å². The quantitative estimate of drug-likeness (QED) is 0.725. The van der Waals surface area contributed by atoms with Gasteiger partial charge in [-0.3, -0.25) is 0 Å². The summed E-state index contributed by atoms with van der Waals surface area (Å²) in [4.78, 5) is 0. The third kappa shape index (κ3) is 3.01. The van der Waals surface area contributed by atoms with Crippen LogP contribution in [0.15, 0.2) is 18.2 Å². The minimum Gasteiger partial charge on any atom is -0.491 e. The number of hydrogen-bond donors (Lipinski definition) is 1. The molecule has 0 aliphatic carbocycles. The van der Waals surface area contributed by atoms with Crippen molar-refractivity contribution in [3.05, 3.63) is 29.3 Å². The molecule has 1 aromatic rings. The van der Waals surface area contributed by atoms with Crippen LogP contribution in [0.5, 0.6) is 5.75 Å². The number of rotatable bonds is 5. The van der Waals surface area contributed by atoms with E-state index in [0.717, 1.165) is 16.9 Å². The summed E-state index contributed by atoms with van der Waals surface area (Å²) in [5.41, 5.74) is 1.98. The van der Waals surface area contributed by atoms with Gasteiger partial charge in [-0.05, 0) is 30.2 Å². The molecule has 0 aliphatic rings. The zero-order chi connectivity index (χ0) is 10.4. The van der Waals surface area contributed by atoms with Gasteiger partial charge in [-0.15, -0.1) is 0 Å².